The summed E-state index contributed by atoms with van der Waals surface area (Å²) in [4.78, 5) is 5.51. The van der Waals surface area contributed by atoms with Gasteiger partial charge in [0.05, 0.1) is 17.3 Å². The molecule has 2 aromatic rings. The average molecular weight is 339 g/mol. The summed E-state index contributed by atoms with van der Waals surface area (Å²) in [6.45, 7) is 4.66. The first-order valence-electron chi connectivity index (χ1n) is 7.30. The number of anilines is 2. The van der Waals surface area contributed by atoms with Crippen LogP contribution in [0.15, 0.2) is 30.5 Å². The molecule has 0 atom stereocenters. The minimum Gasteiger partial charge on any atom is -0.380 e. The van der Waals surface area contributed by atoms with Crippen LogP contribution >= 0.6 is 11.3 Å². The average Bonchev–Trinajstić information content (AvgIpc) is 2.94. The molecule has 0 fully saturated rings. The highest BCUT2D eigenvalue weighted by molar-refractivity contribution is 7.92. The number of sulfonamides is 1. The molecule has 0 unspecified atom stereocenters. The van der Waals surface area contributed by atoms with Crippen molar-refractivity contribution in [3.05, 3.63) is 40.3 Å². The monoisotopic (exact) mass is 339 g/mol. The van der Waals surface area contributed by atoms with Crippen LogP contribution in [-0.2, 0) is 23.0 Å². The summed E-state index contributed by atoms with van der Waals surface area (Å²) in [7, 11) is -3.23. The lowest BCUT2D eigenvalue weighted by Crippen LogP contribution is -2.15. The van der Waals surface area contributed by atoms with Gasteiger partial charge >= 0.3 is 0 Å². The number of rotatable bonds is 8. The number of aromatic nitrogens is 1. The van der Waals surface area contributed by atoms with Gasteiger partial charge in [-0.2, -0.15) is 0 Å². The van der Waals surface area contributed by atoms with Crippen LogP contribution in [0.25, 0.3) is 0 Å². The molecular formula is C15H21N3O2S2. The molecule has 0 bridgehead atoms. The minimum atomic E-state index is -3.23. The van der Waals surface area contributed by atoms with E-state index in [1.54, 1.807) is 23.5 Å². The summed E-state index contributed by atoms with van der Waals surface area (Å²) in [6, 6.07) is 7.26. The Morgan fingerprint density at radius 1 is 1.14 bits per heavy atom. The van der Waals surface area contributed by atoms with Crippen molar-refractivity contribution in [1.29, 1.82) is 0 Å². The van der Waals surface area contributed by atoms with Gasteiger partial charge in [0.1, 0.15) is 0 Å². The SMILES string of the molecule is CCCS(=O)(=O)Nc1ccc(NCc2cnc(CC)s2)cc1. The lowest BCUT2D eigenvalue weighted by Gasteiger charge is -2.09. The molecule has 1 aromatic heterocycles. The van der Waals surface area contributed by atoms with Gasteiger partial charge in [-0.15, -0.1) is 11.3 Å². The number of aryl methyl sites for hydroxylation is 1. The smallest absolute Gasteiger partial charge is 0.232 e. The van der Waals surface area contributed by atoms with E-state index in [1.807, 2.05) is 25.3 Å². The summed E-state index contributed by atoms with van der Waals surface area (Å²) in [5.74, 6) is 0.137. The molecule has 120 valence electrons. The molecule has 0 aliphatic heterocycles. The molecule has 0 aliphatic rings. The van der Waals surface area contributed by atoms with Crippen molar-refractivity contribution in [3.8, 4) is 0 Å². The van der Waals surface area contributed by atoms with Crippen LogP contribution in [0, 0.1) is 0 Å². The van der Waals surface area contributed by atoms with Gasteiger partial charge in [0.25, 0.3) is 0 Å². The number of hydrogen-bond donors (Lipinski definition) is 2. The van der Waals surface area contributed by atoms with Crippen molar-refractivity contribution in [2.75, 3.05) is 15.8 Å². The van der Waals surface area contributed by atoms with Gasteiger partial charge in [0.2, 0.25) is 10.0 Å². The fourth-order valence-electron chi connectivity index (χ4n) is 1.94. The largest absolute Gasteiger partial charge is 0.380 e. The van der Waals surface area contributed by atoms with Gasteiger partial charge in [-0.1, -0.05) is 13.8 Å². The Kier molecular flexibility index (Phi) is 5.79. The van der Waals surface area contributed by atoms with Crippen molar-refractivity contribution < 1.29 is 8.42 Å². The van der Waals surface area contributed by atoms with Crippen LogP contribution in [0.5, 0.6) is 0 Å². The van der Waals surface area contributed by atoms with E-state index in [9.17, 15) is 8.42 Å². The van der Waals surface area contributed by atoms with Crippen molar-refractivity contribution >= 4 is 32.7 Å². The predicted octanol–water partition coefficient (Wildman–Crippen LogP) is 3.47. The first-order valence-corrected chi connectivity index (χ1v) is 9.77. The first kappa shape index (κ1) is 16.8. The van der Waals surface area contributed by atoms with Crippen LogP contribution in [0.1, 0.15) is 30.2 Å². The second-order valence-corrected chi connectivity index (χ2v) is 7.97. The van der Waals surface area contributed by atoms with Crippen LogP contribution in [0.2, 0.25) is 0 Å². The van der Waals surface area contributed by atoms with E-state index in [0.717, 1.165) is 23.7 Å². The second kappa shape index (κ2) is 7.60. The van der Waals surface area contributed by atoms with Crippen LogP contribution in [0.3, 0.4) is 0 Å². The summed E-state index contributed by atoms with van der Waals surface area (Å²) in [5.41, 5.74) is 1.54. The highest BCUT2D eigenvalue weighted by Gasteiger charge is 2.08. The van der Waals surface area contributed by atoms with Gasteiger partial charge in [-0.25, -0.2) is 13.4 Å². The maximum absolute atomic E-state index is 11.7. The normalized spacial score (nSPS) is 11.4. The summed E-state index contributed by atoms with van der Waals surface area (Å²) in [6.07, 6.45) is 3.45. The molecule has 1 aromatic carbocycles. The standard InChI is InChI=1S/C15H21N3O2S2/c1-3-9-22(19,20)18-13-7-5-12(6-8-13)16-10-14-11-17-15(4-2)21-14/h5-8,11,16,18H,3-4,9-10H2,1-2H3. The zero-order valence-corrected chi connectivity index (χ0v) is 14.4. The highest BCUT2D eigenvalue weighted by Crippen LogP contribution is 2.18. The predicted molar refractivity (Wildman–Crippen MR) is 93.0 cm³/mol. The fourth-order valence-corrected chi connectivity index (χ4v) is 3.87. The van der Waals surface area contributed by atoms with Gasteiger partial charge in [-0.05, 0) is 37.1 Å². The van der Waals surface area contributed by atoms with Crippen molar-refractivity contribution in [3.63, 3.8) is 0 Å². The molecule has 22 heavy (non-hydrogen) atoms. The van der Waals surface area contributed by atoms with Crippen molar-refractivity contribution in [2.24, 2.45) is 0 Å². The van der Waals surface area contributed by atoms with Gasteiger partial charge in [-0.3, -0.25) is 4.72 Å². The van der Waals surface area contributed by atoms with E-state index in [0.29, 0.717) is 12.1 Å². The molecule has 5 nitrogen and oxygen atoms in total. The molecule has 7 heteroatoms. The van der Waals surface area contributed by atoms with E-state index in [2.05, 4.69) is 21.9 Å². The Morgan fingerprint density at radius 2 is 1.82 bits per heavy atom. The maximum Gasteiger partial charge on any atom is 0.232 e. The Bertz CT molecular complexity index is 694. The number of nitrogens with zero attached hydrogens (tertiary/aromatic N) is 1. The Balaban J connectivity index is 1.91. The van der Waals surface area contributed by atoms with Crippen molar-refractivity contribution in [2.45, 2.75) is 33.2 Å². The number of thiazole rings is 1. The van der Waals surface area contributed by atoms with E-state index in [1.165, 1.54) is 4.88 Å². The third-order valence-corrected chi connectivity index (χ3v) is 5.64. The fraction of sp³-hybridized carbons (Fsp3) is 0.400. The molecule has 2 rings (SSSR count). The molecule has 1 heterocycles. The van der Waals surface area contributed by atoms with Crippen LogP contribution in [0.4, 0.5) is 11.4 Å². The summed E-state index contributed by atoms with van der Waals surface area (Å²) >= 11 is 1.70. The second-order valence-electron chi connectivity index (χ2n) is 4.93. The van der Waals surface area contributed by atoms with E-state index >= 15 is 0 Å². The summed E-state index contributed by atoms with van der Waals surface area (Å²) in [5, 5.41) is 4.44. The molecule has 0 saturated carbocycles. The number of benzene rings is 1. The topological polar surface area (TPSA) is 71.1 Å². The van der Waals surface area contributed by atoms with Gasteiger partial charge in [0.15, 0.2) is 0 Å². The molecule has 0 aliphatic carbocycles. The number of hydrogen-bond acceptors (Lipinski definition) is 5. The van der Waals surface area contributed by atoms with E-state index < -0.39 is 10.0 Å². The molecule has 0 saturated heterocycles. The van der Waals surface area contributed by atoms with Gasteiger partial charge < -0.3 is 5.32 Å². The van der Waals surface area contributed by atoms with E-state index in [-0.39, 0.29) is 5.75 Å². The molecule has 2 N–H and O–H groups in total. The third kappa shape index (κ3) is 4.99. The lowest BCUT2D eigenvalue weighted by molar-refractivity contribution is 0.600. The Hall–Kier alpha value is -1.60. The highest BCUT2D eigenvalue weighted by atomic mass is 32.2. The molecule has 0 amide bonds. The first-order chi connectivity index (χ1) is 10.5. The Labute approximate surface area is 135 Å². The zero-order valence-electron chi connectivity index (χ0n) is 12.8. The molecular weight excluding hydrogens is 318 g/mol. The van der Waals surface area contributed by atoms with Crippen LogP contribution < -0.4 is 10.0 Å². The Morgan fingerprint density at radius 3 is 2.41 bits per heavy atom. The quantitative estimate of drug-likeness (QED) is 0.772. The number of nitrogens with one attached hydrogen (secondary N) is 2. The van der Waals surface area contributed by atoms with E-state index in [4.69, 9.17) is 0 Å². The molecule has 0 spiro atoms. The minimum absolute atomic E-state index is 0.137. The summed E-state index contributed by atoms with van der Waals surface area (Å²) < 4.78 is 26.0. The van der Waals surface area contributed by atoms with Gasteiger partial charge in [0, 0.05) is 22.4 Å². The third-order valence-electron chi connectivity index (χ3n) is 3.00. The zero-order chi connectivity index (χ0) is 16.0. The lowest BCUT2D eigenvalue weighted by atomic mass is 10.3. The maximum atomic E-state index is 11.7. The van der Waals surface area contributed by atoms with Crippen molar-refractivity contribution in [1.82, 2.24) is 4.98 Å². The van der Waals surface area contributed by atoms with Crippen LogP contribution in [-0.4, -0.2) is 19.2 Å². The molecule has 0 radical (unpaired) electrons.